The second kappa shape index (κ2) is 9.88. The van der Waals surface area contributed by atoms with Crippen LogP contribution >= 0.6 is 36.2 Å². The predicted molar refractivity (Wildman–Crippen MR) is 114 cm³/mol. The smallest absolute Gasteiger partial charge is 0.254 e. The highest BCUT2D eigenvalue weighted by molar-refractivity contribution is 7.13. The summed E-state index contributed by atoms with van der Waals surface area (Å²) >= 11 is 1.59. The van der Waals surface area contributed by atoms with Crippen molar-refractivity contribution in [2.45, 2.75) is 6.54 Å². The summed E-state index contributed by atoms with van der Waals surface area (Å²) in [5, 5.41) is 6.02. The van der Waals surface area contributed by atoms with Crippen molar-refractivity contribution in [3.8, 4) is 10.7 Å². The van der Waals surface area contributed by atoms with E-state index in [1.807, 2.05) is 22.4 Å². The van der Waals surface area contributed by atoms with Crippen LogP contribution in [0, 0.1) is 0 Å². The SMILES string of the molecule is Cl.Cl.Nc1cccc(C(=O)N2CCN(Cc3nc(-c4cccs4)no3)CC2)c1. The van der Waals surface area contributed by atoms with Gasteiger partial charge in [-0.25, -0.2) is 0 Å². The van der Waals surface area contributed by atoms with E-state index in [1.54, 1.807) is 35.6 Å². The molecule has 0 aliphatic carbocycles. The Labute approximate surface area is 179 Å². The molecule has 1 aromatic carbocycles. The Morgan fingerprint density at radius 2 is 1.93 bits per heavy atom. The van der Waals surface area contributed by atoms with Gasteiger partial charge in [-0.3, -0.25) is 9.69 Å². The number of anilines is 1. The standard InChI is InChI=1S/C18H19N5O2S.2ClH/c19-14-4-1-3-13(11-14)18(24)23-8-6-22(7-9-23)12-16-20-17(21-25-16)15-5-2-10-26-15;;/h1-5,10-11H,6-9,12,19H2;2*1H. The highest BCUT2D eigenvalue weighted by Crippen LogP contribution is 2.22. The van der Waals surface area contributed by atoms with Crippen molar-refractivity contribution in [1.29, 1.82) is 0 Å². The number of hydrogen-bond acceptors (Lipinski definition) is 7. The van der Waals surface area contributed by atoms with Gasteiger partial charge in [0.2, 0.25) is 11.7 Å². The van der Waals surface area contributed by atoms with Crippen molar-refractivity contribution in [2.24, 2.45) is 0 Å². The van der Waals surface area contributed by atoms with E-state index in [-0.39, 0.29) is 30.7 Å². The Morgan fingerprint density at radius 3 is 2.61 bits per heavy atom. The third kappa shape index (κ3) is 5.02. The summed E-state index contributed by atoms with van der Waals surface area (Å²) in [6.45, 7) is 3.47. The van der Waals surface area contributed by atoms with Crippen LogP contribution in [0.5, 0.6) is 0 Å². The van der Waals surface area contributed by atoms with Crippen LogP contribution in [0.4, 0.5) is 5.69 Å². The van der Waals surface area contributed by atoms with E-state index in [2.05, 4.69) is 15.0 Å². The first-order chi connectivity index (χ1) is 12.7. The van der Waals surface area contributed by atoms with Crippen LogP contribution in [0.2, 0.25) is 0 Å². The van der Waals surface area contributed by atoms with Gasteiger partial charge in [0.25, 0.3) is 5.91 Å². The fourth-order valence-electron chi connectivity index (χ4n) is 2.98. The summed E-state index contributed by atoms with van der Waals surface area (Å²) in [5.74, 6) is 1.25. The van der Waals surface area contributed by atoms with Gasteiger partial charge in [0.1, 0.15) is 0 Å². The fourth-order valence-corrected chi connectivity index (χ4v) is 3.63. The first kappa shape index (κ1) is 22.2. The number of aromatic nitrogens is 2. The molecule has 0 atom stereocenters. The lowest BCUT2D eigenvalue weighted by Gasteiger charge is -2.34. The highest BCUT2D eigenvalue weighted by atomic mass is 35.5. The summed E-state index contributed by atoms with van der Waals surface area (Å²) in [5.41, 5.74) is 7.01. The number of halogens is 2. The second-order valence-electron chi connectivity index (χ2n) is 6.18. The van der Waals surface area contributed by atoms with Gasteiger partial charge in [0.05, 0.1) is 11.4 Å². The fraction of sp³-hybridized carbons (Fsp3) is 0.278. The maximum atomic E-state index is 12.6. The van der Waals surface area contributed by atoms with Gasteiger partial charge in [-0.2, -0.15) is 4.98 Å². The number of amides is 1. The molecule has 28 heavy (non-hydrogen) atoms. The lowest BCUT2D eigenvalue weighted by Crippen LogP contribution is -2.48. The van der Waals surface area contributed by atoms with Gasteiger partial charge in [-0.05, 0) is 29.6 Å². The number of benzene rings is 1. The van der Waals surface area contributed by atoms with Crippen LogP contribution < -0.4 is 5.73 Å². The van der Waals surface area contributed by atoms with Crippen LogP contribution in [0.25, 0.3) is 10.7 Å². The Kier molecular flexibility index (Phi) is 7.82. The third-order valence-corrected chi connectivity index (χ3v) is 5.23. The number of carbonyl (C=O) groups is 1. The molecule has 0 spiro atoms. The largest absolute Gasteiger partial charge is 0.399 e. The number of piperazine rings is 1. The van der Waals surface area contributed by atoms with Crippen molar-refractivity contribution >= 4 is 47.7 Å². The van der Waals surface area contributed by atoms with Gasteiger partial charge >= 0.3 is 0 Å². The molecular weight excluding hydrogens is 421 g/mol. The minimum atomic E-state index is 0. The highest BCUT2D eigenvalue weighted by Gasteiger charge is 2.23. The molecular formula is C18H21Cl2N5O2S. The van der Waals surface area contributed by atoms with E-state index in [4.69, 9.17) is 10.3 Å². The normalized spacial score (nSPS) is 14.2. The van der Waals surface area contributed by atoms with Gasteiger partial charge in [-0.15, -0.1) is 36.2 Å². The molecule has 10 heteroatoms. The molecule has 1 aliphatic rings. The first-order valence-corrected chi connectivity index (χ1v) is 9.30. The molecule has 1 fully saturated rings. The molecule has 150 valence electrons. The average molecular weight is 442 g/mol. The minimum Gasteiger partial charge on any atom is -0.399 e. The Hall–Kier alpha value is -2.13. The maximum absolute atomic E-state index is 12.6. The Balaban J connectivity index is 0.00000140. The zero-order valence-electron chi connectivity index (χ0n) is 15.0. The van der Waals surface area contributed by atoms with E-state index in [0.29, 0.717) is 42.6 Å². The molecule has 1 amide bonds. The molecule has 7 nitrogen and oxygen atoms in total. The molecule has 2 aromatic heterocycles. The van der Waals surface area contributed by atoms with Crippen LogP contribution in [-0.2, 0) is 6.54 Å². The lowest BCUT2D eigenvalue weighted by atomic mass is 10.1. The third-order valence-electron chi connectivity index (χ3n) is 4.36. The summed E-state index contributed by atoms with van der Waals surface area (Å²) in [7, 11) is 0. The molecule has 3 aromatic rings. The number of rotatable bonds is 4. The summed E-state index contributed by atoms with van der Waals surface area (Å²) in [6, 6.07) is 11.0. The molecule has 0 radical (unpaired) electrons. The molecule has 2 N–H and O–H groups in total. The van der Waals surface area contributed by atoms with Gasteiger partial charge in [0.15, 0.2) is 0 Å². The monoisotopic (exact) mass is 441 g/mol. The summed E-state index contributed by atoms with van der Waals surface area (Å²) in [6.07, 6.45) is 0. The molecule has 0 saturated carbocycles. The van der Waals surface area contributed by atoms with E-state index >= 15 is 0 Å². The second-order valence-corrected chi connectivity index (χ2v) is 7.13. The van der Waals surface area contributed by atoms with Crippen LogP contribution in [0.15, 0.2) is 46.3 Å². The zero-order chi connectivity index (χ0) is 17.9. The van der Waals surface area contributed by atoms with Crippen molar-refractivity contribution in [1.82, 2.24) is 19.9 Å². The molecule has 4 rings (SSSR count). The topological polar surface area (TPSA) is 88.5 Å². The number of hydrogen-bond donors (Lipinski definition) is 1. The van der Waals surface area contributed by atoms with Crippen molar-refractivity contribution < 1.29 is 9.32 Å². The predicted octanol–water partition coefficient (Wildman–Crippen LogP) is 3.18. The molecule has 1 saturated heterocycles. The van der Waals surface area contributed by atoms with Crippen molar-refractivity contribution in [3.63, 3.8) is 0 Å². The summed E-state index contributed by atoms with van der Waals surface area (Å²) < 4.78 is 5.36. The van der Waals surface area contributed by atoms with Crippen LogP contribution in [0.1, 0.15) is 16.2 Å². The number of nitrogens with two attached hydrogens (primary N) is 1. The molecule has 0 bridgehead atoms. The van der Waals surface area contributed by atoms with E-state index in [0.717, 1.165) is 18.0 Å². The average Bonchev–Trinajstić information content (AvgIpc) is 3.33. The molecule has 0 unspecified atom stereocenters. The molecule has 3 heterocycles. The van der Waals surface area contributed by atoms with Crippen LogP contribution in [0.3, 0.4) is 0 Å². The van der Waals surface area contributed by atoms with E-state index in [9.17, 15) is 4.79 Å². The first-order valence-electron chi connectivity index (χ1n) is 8.43. The lowest BCUT2D eigenvalue weighted by molar-refractivity contribution is 0.0615. The number of thiophene rings is 1. The van der Waals surface area contributed by atoms with Crippen molar-refractivity contribution in [3.05, 3.63) is 53.2 Å². The van der Waals surface area contributed by atoms with Gasteiger partial charge in [-0.1, -0.05) is 17.3 Å². The van der Waals surface area contributed by atoms with E-state index in [1.165, 1.54) is 0 Å². The van der Waals surface area contributed by atoms with Gasteiger partial charge < -0.3 is 15.2 Å². The Bertz CT molecular complexity index is 895. The maximum Gasteiger partial charge on any atom is 0.254 e. The van der Waals surface area contributed by atoms with E-state index < -0.39 is 0 Å². The summed E-state index contributed by atoms with van der Waals surface area (Å²) in [4.78, 5) is 22.1. The van der Waals surface area contributed by atoms with Crippen molar-refractivity contribution in [2.75, 3.05) is 31.9 Å². The zero-order valence-corrected chi connectivity index (χ0v) is 17.4. The van der Waals surface area contributed by atoms with Gasteiger partial charge in [0, 0.05) is 37.4 Å². The number of carbonyl (C=O) groups excluding carboxylic acids is 1. The number of nitrogen functional groups attached to an aromatic ring is 1. The van der Waals surface area contributed by atoms with Crippen LogP contribution in [-0.4, -0.2) is 52.0 Å². The Morgan fingerprint density at radius 1 is 1.14 bits per heavy atom. The minimum absolute atomic E-state index is 0. The number of nitrogens with zero attached hydrogens (tertiary/aromatic N) is 4. The molecule has 1 aliphatic heterocycles. The quantitative estimate of drug-likeness (QED) is 0.625.